The Kier molecular flexibility index (Phi) is 5.82. The Labute approximate surface area is 129 Å². The summed E-state index contributed by atoms with van der Waals surface area (Å²) in [4.78, 5) is 0. The van der Waals surface area contributed by atoms with Gasteiger partial charge in [0.2, 0.25) is 0 Å². The first-order chi connectivity index (χ1) is 10.0. The molecule has 1 aromatic rings. The average Bonchev–Trinajstić information content (AvgIpc) is 2.41. The van der Waals surface area contributed by atoms with Crippen LogP contribution in [0.2, 0.25) is 0 Å². The second-order valence-electron chi connectivity index (χ2n) is 6.16. The van der Waals surface area contributed by atoms with Crippen LogP contribution in [0.15, 0.2) is 24.3 Å². The largest absolute Gasteiger partial charge is 0.316 e. The molecule has 4 heteroatoms. The molecule has 0 bridgehead atoms. The van der Waals surface area contributed by atoms with Crippen molar-refractivity contribution in [3.8, 4) is 0 Å². The highest BCUT2D eigenvalue weighted by Gasteiger charge is 2.33. The van der Waals surface area contributed by atoms with E-state index in [4.69, 9.17) is 0 Å². The van der Waals surface area contributed by atoms with Gasteiger partial charge in [-0.15, -0.1) is 0 Å². The second-order valence-corrected chi connectivity index (χ2v) is 8.38. The maximum absolute atomic E-state index is 12.9. The third kappa shape index (κ3) is 4.30. The van der Waals surface area contributed by atoms with E-state index in [1.165, 1.54) is 6.42 Å². The Morgan fingerprint density at radius 1 is 1.10 bits per heavy atom. The number of sulfone groups is 1. The summed E-state index contributed by atoms with van der Waals surface area (Å²) in [6.07, 6.45) is 6.29. The Morgan fingerprint density at radius 2 is 1.76 bits per heavy atom. The minimum absolute atomic E-state index is 0.0966. The van der Waals surface area contributed by atoms with Gasteiger partial charge in [-0.25, -0.2) is 8.42 Å². The van der Waals surface area contributed by atoms with E-state index in [0.29, 0.717) is 0 Å². The van der Waals surface area contributed by atoms with E-state index in [2.05, 4.69) is 5.32 Å². The third-order valence-electron chi connectivity index (χ3n) is 4.65. The highest BCUT2D eigenvalue weighted by atomic mass is 32.2. The van der Waals surface area contributed by atoms with E-state index in [9.17, 15) is 8.42 Å². The lowest BCUT2D eigenvalue weighted by atomic mass is 9.96. The van der Waals surface area contributed by atoms with Gasteiger partial charge in [0, 0.05) is 6.04 Å². The van der Waals surface area contributed by atoms with Crippen molar-refractivity contribution in [1.82, 2.24) is 5.32 Å². The summed E-state index contributed by atoms with van der Waals surface area (Å²) < 4.78 is 25.8. The Hall–Kier alpha value is -0.870. The zero-order chi connectivity index (χ0) is 15.3. The highest BCUT2D eigenvalue weighted by Crippen LogP contribution is 2.26. The van der Waals surface area contributed by atoms with Crippen molar-refractivity contribution in [3.05, 3.63) is 35.4 Å². The predicted octanol–water partition coefficient (Wildman–Crippen LogP) is 3.22. The molecule has 118 valence electrons. The molecule has 1 saturated carbocycles. The van der Waals surface area contributed by atoms with Gasteiger partial charge < -0.3 is 5.32 Å². The van der Waals surface area contributed by atoms with Crippen LogP contribution in [0.4, 0.5) is 0 Å². The molecule has 0 radical (unpaired) electrons. The normalized spacial score (nSPS) is 24.3. The molecule has 2 rings (SSSR count). The molecule has 0 heterocycles. The van der Waals surface area contributed by atoms with Crippen molar-refractivity contribution in [2.75, 3.05) is 7.05 Å². The lowest BCUT2D eigenvalue weighted by Crippen LogP contribution is -2.43. The monoisotopic (exact) mass is 309 g/mol. The Balaban J connectivity index is 2.21. The van der Waals surface area contributed by atoms with E-state index >= 15 is 0 Å². The summed E-state index contributed by atoms with van der Waals surface area (Å²) in [5, 5.41) is 3.00. The topological polar surface area (TPSA) is 46.2 Å². The zero-order valence-corrected chi connectivity index (χ0v) is 14.0. The van der Waals surface area contributed by atoms with E-state index in [1.54, 1.807) is 0 Å². The summed E-state index contributed by atoms with van der Waals surface area (Å²) in [7, 11) is -1.23. The number of nitrogens with one attached hydrogen (secondary N) is 1. The van der Waals surface area contributed by atoms with E-state index in [-0.39, 0.29) is 17.0 Å². The van der Waals surface area contributed by atoms with Crippen LogP contribution in [-0.4, -0.2) is 26.8 Å². The number of aryl methyl sites for hydroxylation is 1. The fourth-order valence-electron chi connectivity index (χ4n) is 3.31. The van der Waals surface area contributed by atoms with Gasteiger partial charge in [0.15, 0.2) is 9.84 Å². The maximum atomic E-state index is 12.9. The number of hydrogen-bond acceptors (Lipinski definition) is 3. The van der Waals surface area contributed by atoms with Crippen LogP contribution in [0.5, 0.6) is 0 Å². The lowest BCUT2D eigenvalue weighted by molar-refractivity contribution is 0.405. The molecule has 21 heavy (non-hydrogen) atoms. The van der Waals surface area contributed by atoms with E-state index in [1.807, 2.05) is 38.2 Å². The van der Waals surface area contributed by atoms with Gasteiger partial charge in [-0.05, 0) is 37.9 Å². The summed E-state index contributed by atoms with van der Waals surface area (Å²) in [6.45, 7) is 1.98. The van der Waals surface area contributed by atoms with Crippen LogP contribution in [0.1, 0.15) is 49.7 Å². The van der Waals surface area contributed by atoms with Crippen molar-refractivity contribution < 1.29 is 8.42 Å². The summed E-state index contributed by atoms with van der Waals surface area (Å²) >= 11 is 0. The smallest absolute Gasteiger partial charge is 0.158 e. The fraction of sp³-hybridized carbons (Fsp3) is 0.647. The molecule has 3 nitrogen and oxygen atoms in total. The molecular weight excluding hydrogens is 282 g/mol. The third-order valence-corrected chi connectivity index (χ3v) is 6.85. The molecule has 1 aliphatic rings. The van der Waals surface area contributed by atoms with Gasteiger partial charge in [0.25, 0.3) is 0 Å². The quantitative estimate of drug-likeness (QED) is 0.929. The molecule has 2 unspecified atom stereocenters. The molecule has 2 atom stereocenters. The summed E-state index contributed by atoms with van der Waals surface area (Å²) in [6, 6.07) is 7.89. The van der Waals surface area contributed by atoms with Crippen molar-refractivity contribution in [2.24, 2.45) is 0 Å². The Bertz CT molecular complexity index is 554. The minimum atomic E-state index is -3.12. The van der Waals surface area contributed by atoms with Crippen LogP contribution in [0.3, 0.4) is 0 Å². The van der Waals surface area contributed by atoms with Gasteiger partial charge in [0.1, 0.15) is 0 Å². The first kappa shape index (κ1) is 16.5. The van der Waals surface area contributed by atoms with Crippen molar-refractivity contribution >= 4 is 9.84 Å². The van der Waals surface area contributed by atoms with Crippen molar-refractivity contribution in [1.29, 1.82) is 0 Å². The zero-order valence-electron chi connectivity index (χ0n) is 13.1. The SMILES string of the molecule is CNC1CCCCCCC1S(=O)(=O)Cc1ccccc1C. The van der Waals surface area contributed by atoms with Crippen LogP contribution in [-0.2, 0) is 15.6 Å². The van der Waals surface area contributed by atoms with Crippen LogP contribution in [0.25, 0.3) is 0 Å². The van der Waals surface area contributed by atoms with E-state index < -0.39 is 9.84 Å². The molecule has 0 aliphatic heterocycles. The second kappa shape index (κ2) is 7.41. The number of hydrogen-bond donors (Lipinski definition) is 1. The van der Waals surface area contributed by atoms with Gasteiger partial charge in [-0.2, -0.15) is 0 Å². The van der Waals surface area contributed by atoms with Crippen LogP contribution in [0, 0.1) is 6.92 Å². The minimum Gasteiger partial charge on any atom is -0.316 e. The molecule has 1 N–H and O–H groups in total. The summed E-state index contributed by atoms with van der Waals surface area (Å²) in [5.74, 6) is 0.169. The Morgan fingerprint density at radius 3 is 2.43 bits per heavy atom. The van der Waals surface area contributed by atoms with Gasteiger partial charge >= 0.3 is 0 Å². The fourth-order valence-corrected chi connectivity index (χ4v) is 5.58. The maximum Gasteiger partial charge on any atom is 0.158 e. The average molecular weight is 309 g/mol. The molecule has 1 fully saturated rings. The first-order valence-electron chi connectivity index (χ1n) is 7.98. The lowest BCUT2D eigenvalue weighted by Gasteiger charge is -2.29. The van der Waals surface area contributed by atoms with Crippen molar-refractivity contribution in [3.63, 3.8) is 0 Å². The van der Waals surface area contributed by atoms with Gasteiger partial charge in [-0.1, -0.05) is 49.9 Å². The van der Waals surface area contributed by atoms with Crippen LogP contribution >= 0.6 is 0 Å². The molecule has 0 spiro atoms. The molecule has 1 aliphatic carbocycles. The molecule has 0 amide bonds. The predicted molar refractivity (Wildman–Crippen MR) is 88.1 cm³/mol. The van der Waals surface area contributed by atoms with Gasteiger partial charge in [-0.3, -0.25) is 0 Å². The van der Waals surface area contributed by atoms with E-state index in [0.717, 1.165) is 43.2 Å². The van der Waals surface area contributed by atoms with Gasteiger partial charge in [0.05, 0.1) is 11.0 Å². The van der Waals surface area contributed by atoms with Crippen LogP contribution < -0.4 is 5.32 Å². The summed E-state index contributed by atoms with van der Waals surface area (Å²) in [5.41, 5.74) is 2.00. The molecular formula is C17H27NO2S. The standard InChI is InChI=1S/C17H27NO2S/c1-14-9-7-8-10-15(14)13-21(19,20)17-12-6-4-3-5-11-16(17)18-2/h7-10,16-18H,3-6,11-13H2,1-2H3. The molecule has 0 aromatic heterocycles. The molecule has 0 saturated heterocycles. The highest BCUT2D eigenvalue weighted by molar-refractivity contribution is 7.91. The number of rotatable bonds is 4. The molecule has 1 aromatic carbocycles. The number of benzene rings is 1. The first-order valence-corrected chi connectivity index (χ1v) is 9.69. The van der Waals surface area contributed by atoms with Crippen molar-refractivity contribution in [2.45, 2.75) is 62.5 Å².